The summed E-state index contributed by atoms with van der Waals surface area (Å²) in [6, 6.07) is 0.369. The van der Waals surface area contributed by atoms with Gasteiger partial charge in [-0.15, -0.1) is 6.58 Å². The highest BCUT2D eigenvalue weighted by molar-refractivity contribution is 4.92. The highest BCUT2D eigenvalue weighted by atomic mass is 15.2. The first-order valence-electron chi connectivity index (χ1n) is 5.46. The predicted molar refractivity (Wildman–Crippen MR) is 62.9 cm³/mol. The molecule has 0 bridgehead atoms. The van der Waals surface area contributed by atoms with Crippen molar-refractivity contribution in [2.45, 2.75) is 39.7 Å². The van der Waals surface area contributed by atoms with E-state index < -0.39 is 0 Å². The van der Waals surface area contributed by atoms with Gasteiger partial charge in [0, 0.05) is 6.04 Å². The van der Waals surface area contributed by atoms with Crippen LogP contribution >= 0.6 is 0 Å². The van der Waals surface area contributed by atoms with Gasteiger partial charge in [0.15, 0.2) is 0 Å². The van der Waals surface area contributed by atoms with Crippen LogP contribution in [0, 0.1) is 0 Å². The van der Waals surface area contributed by atoms with Crippen LogP contribution in [0.5, 0.6) is 0 Å². The standard InChI is InChI=1S/C11H25N3/c1-5-14(6-2)8-7-11(13-12)9-10(3)4/h11,13H,3,5-9,12H2,1-2,4H3. The number of hydrazine groups is 1. The maximum Gasteiger partial charge on any atom is 0.0259 e. The molecule has 0 aliphatic heterocycles. The van der Waals surface area contributed by atoms with Gasteiger partial charge in [0.1, 0.15) is 0 Å². The molecular formula is C11H25N3. The second-order valence-corrected chi connectivity index (χ2v) is 3.84. The normalized spacial score (nSPS) is 13.2. The van der Waals surface area contributed by atoms with Crippen molar-refractivity contribution in [1.82, 2.24) is 10.3 Å². The number of nitrogens with one attached hydrogen (secondary N) is 1. The summed E-state index contributed by atoms with van der Waals surface area (Å²) in [5.41, 5.74) is 4.04. The zero-order valence-electron chi connectivity index (χ0n) is 9.84. The summed E-state index contributed by atoms with van der Waals surface area (Å²) in [4.78, 5) is 2.41. The van der Waals surface area contributed by atoms with Crippen LogP contribution in [0.2, 0.25) is 0 Å². The molecule has 0 amide bonds. The van der Waals surface area contributed by atoms with Gasteiger partial charge < -0.3 is 4.90 Å². The molecule has 0 saturated heterocycles. The average molecular weight is 199 g/mol. The molecule has 84 valence electrons. The lowest BCUT2D eigenvalue weighted by atomic mass is 10.1. The highest BCUT2D eigenvalue weighted by Gasteiger charge is 2.08. The Hall–Kier alpha value is -0.380. The monoisotopic (exact) mass is 199 g/mol. The Labute approximate surface area is 88.3 Å². The van der Waals surface area contributed by atoms with E-state index >= 15 is 0 Å². The van der Waals surface area contributed by atoms with Crippen molar-refractivity contribution in [3.05, 3.63) is 12.2 Å². The molecule has 1 atom stereocenters. The van der Waals surface area contributed by atoms with E-state index in [0.29, 0.717) is 6.04 Å². The van der Waals surface area contributed by atoms with Crippen molar-refractivity contribution < 1.29 is 0 Å². The number of hydrogen-bond acceptors (Lipinski definition) is 3. The Balaban J connectivity index is 3.76. The van der Waals surface area contributed by atoms with Gasteiger partial charge in [0.05, 0.1) is 0 Å². The number of hydrogen-bond donors (Lipinski definition) is 2. The minimum Gasteiger partial charge on any atom is -0.304 e. The minimum atomic E-state index is 0.369. The molecule has 3 N–H and O–H groups in total. The first-order valence-corrected chi connectivity index (χ1v) is 5.46. The van der Waals surface area contributed by atoms with Gasteiger partial charge >= 0.3 is 0 Å². The fraction of sp³-hybridized carbons (Fsp3) is 0.818. The molecule has 0 fully saturated rings. The van der Waals surface area contributed by atoms with Crippen molar-refractivity contribution in [3.63, 3.8) is 0 Å². The van der Waals surface area contributed by atoms with Crippen molar-refractivity contribution >= 4 is 0 Å². The Morgan fingerprint density at radius 1 is 1.43 bits per heavy atom. The molecule has 3 heteroatoms. The second-order valence-electron chi connectivity index (χ2n) is 3.84. The van der Waals surface area contributed by atoms with Gasteiger partial charge in [-0.1, -0.05) is 19.4 Å². The van der Waals surface area contributed by atoms with Gasteiger partial charge in [-0.2, -0.15) is 0 Å². The van der Waals surface area contributed by atoms with Crippen molar-refractivity contribution in [3.8, 4) is 0 Å². The molecule has 0 aromatic carbocycles. The van der Waals surface area contributed by atoms with Crippen LogP contribution in [-0.4, -0.2) is 30.6 Å². The summed E-state index contributed by atoms with van der Waals surface area (Å²) in [6.45, 7) is 13.7. The molecule has 0 spiro atoms. The summed E-state index contributed by atoms with van der Waals surface area (Å²) < 4.78 is 0. The van der Waals surface area contributed by atoms with Crippen LogP contribution in [0.4, 0.5) is 0 Å². The van der Waals surface area contributed by atoms with Crippen LogP contribution in [0.1, 0.15) is 33.6 Å². The Kier molecular flexibility index (Phi) is 7.76. The molecule has 0 saturated carbocycles. The van der Waals surface area contributed by atoms with Gasteiger partial charge in [-0.05, 0) is 39.4 Å². The van der Waals surface area contributed by atoms with E-state index in [2.05, 4.69) is 30.8 Å². The Morgan fingerprint density at radius 2 is 2.00 bits per heavy atom. The van der Waals surface area contributed by atoms with Gasteiger partial charge in [0.2, 0.25) is 0 Å². The number of nitrogens with two attached hydrogens (primary N) is 1. The maximum atomic E-state index is 5.48. The van der Waals surface area contributed by atoms with Gasteiger partial charge in [-0.3, -0.25) is 11.3 Å². The summed E-state index contributed by atoms with van der Waals surface area (Å²) in [5.74, 6) is 5.48. The summed E-state index contributed by atoms with van der Waals surface area (Å²) in [7, 11) is 0. The van der Waals surface area contributed by atoms with Crippen molar-refractivity contribution in [2.75, 3.05) is 19.6 Å². The number of nitrogens with zero attached hydrogens (tertiary/aromatic N) is 1. The Morgan fingerprint density at radius 3 is 2.36 bits per heavy atom. The second kappa shape index (κ2) is 7.97. The fourth-order valence-electron chi connectivity index (χ4n) is 1.54. The summed E-state index contributed by atoms with van der Waals surface area (Å²) >= 11 is 0. The summed E-state index contributed by atoms with van der Waals surface area (Å²) in [6.07, 6.45) is 2.06. The molecule has 0 aliphatic carbocycles. The quantitative estimate of drug-likeness (QED) is 0.354. The average Bonchev–Trinajstić information content (AvgIpc) is 2.17. The third kappa shape index (κ3) is 6.13. The predicted octanol–water partition coefficient (Wildman–Crippen LogP) is 1.52. The van der Waals surface area contributed by atoms with Crippen LogP contribution < -0.4 is 11.3 Å². The third-order valence-electron chi connectivity index (χ3n) is 2.52. The van der Waals surface area contributed by atoms with Crippen LogP contribution in [0.15, 0.2) is 12.2 Å². The first kappa shape index (κ1) is 13.6. The van der Waals surface area contributed by atoms with Crippen molar-refractivity contribution in [2.24, 2.45) is 5.84 Å². The van der Waals surface area contributed by atoms with E-state index in [9.17, 15) is 0 Å². The Bertz CT molecular complexity index is 153. The molecule has 0 heterocycles. The first-order chi connectivity index (χ1) is 6.63. The molecule has 3 nitrogen and oxygen atoms in total. The van der Waals surface area contributed by atoms with E-state index in [0.717, 1.165) is 32.5 Å². The van der Waals surface area contributed by atoms with Crippen LogP contribution in [-0.2, 0) is 0 Å². The largest absolute Gasteiger partial charge is 0.304 e. The summed E-state index contributed by atoms with van der Waals surface area (Å²) in [5, 5.41) is 0. The minimum absolute atomic E-state index is 0.369. The van der Waals surface area contributed by atoms with E-state index in [1.54, 1.807) is 0 Å². The lowest BCUT2D eigenvalue weighted by molar-refractivity contribution is 0.280. The topological polar surface area (TPSA) is 41.3 Å². The molecule has 0 aliphatic rings. The molecule has 0 rings (SSSR count). The van der Waals surface area contributed by atoms with E-state index in [-0.39, 0.29) is 0 Å². The van der Waals surface area contributed by atoms with Gasteiger partial charge in [0.25, 0.3) is 0 Å². The molecule has 0 aromatic heterocycles. The molecular weight excluding hydrogens is 174 g/mol. The smallest absolute Gasteiger partial charge is 0.0259 e. The third-order valence-corrected chi connectivity index (χ3v) is 2.52. The lowest BCUT2D eigenvalue weighted by Crippen LogP contribution is -2.38. The van der Waals surface area contributed by atoms with E-state index in [1.165, 1.54) is 5.57 Å². The van der Waals surface area contributed by atoms with Crippen LogP contribution in [0.25, 0.3) is 0 Å². The molecule has 0 aromatic rings. The molecule has 14 heavy (non-hydrogen) atoms. The number of rotatable bonds is 8. The molecule has 1 unspecified atom stereocenters. The van der Waals surface area contributed by atoms with E-state index in [1.807, 2.05) is 6.92 Å². The highest BCUT2D eigenvalue weighted by Crippen LogP contribution is 2.05. The zero-order chi connectivity index (χ0) is 11.0. The molecule has 0 radical (unpaired) electrons. The van der Waals surface area contributed by atoms with Crippen LogP contribution in [0.3, 0.4) is 0 Å². The SMILES string of the molecule is C=C(C)CC(CCN(CC)CC)NN. The lowest BCUT2D eigenvalue weighted by Gasteiger charge is -2.22. The fourth-order valence-corrected chi connectivity index (χ4v) is 1.54. The maximum absolute atomic E-state index is 5.48. The zero-order valence-corrected chi connectivity index (χ0v) is 9.84. The van der Waals surface area contributed by atoms with E-state index in [4.69, 9.17) is 5.84 Å². The van der Waals surface area contributed by atoms with Crippen molar-refractivity contribution in [1.29, 1.82) is 0 Å². The van der Waals surface area contributed by atoms with Gasteiger partial charge in [-0.25, -0.2) is 0 Å².